The molecule has 0 bridgehead atoms. The Morgan fingerprint density at radius 3 is 2.10 bits per heavy atom. The molecule has 0 fully saturated rings. The number of alkyl halides is 3. The number of hydrogen-bond acceptors (Lipinski definition) is 2. The third-order valence-electron chi connectivity index (χ3n) is 3.38. The van der Waals surface area contributed by atoms with Crippen molar-refractivity contribution in [2.45, 2.75) is 57.7 Å². The molecule has 1 aromatic rings. The molecule has 1 heterocycles. The first kappa shape index (κ1) is 18.1. The van der Waals surface area contributed by atoms with Crippen LogP contribution in [0.5, 0.6) is 0 Å². The molecule has 1 aromatic heterocycles. The van der Waals surface area contributed by atoms with Crippen molar-refractivity contribution in [3.05, 3.63) is 34.2 Å². The second-order valence-corrected chi connectivity index (χ2v) is 5.54. The average Bonchev–Trinajstić information content (AvgIpc) is 2.42. The van der Waals surface area contributed by atoms with Crippen LogP contribution in [0.1, 0.15) is 50.6 Å². The summed E-state index contributed by atoms with van der Waals surface area (Å²) < 4.78 is 39.3. The number of rotatable bonds is 9. The van der Waals surface area contributed by atoms with Gasteiger partial charge in [-0.3, -0.25) is 4.79 Å². The smallest absolute Gasteiger partial charge is 0.304 e. The van der Waals surface area contributed by atoms with E-state index >= 15 is 0 Å². The van der Waals surface area contributed by atoms with Crippen LogP contribution in [0.25, 0.3) is 0 Å². The molecule has 0 saturated carbocycles. The molecule has 120 valence electrons. The summed E-state index contributed by atoms with van der Waals surface area (Å²) in [5, 5.41) is 0. The maximum atomic E-state index is 12.8. The van der Waals surface area contributed by atoms with Crippen molar-refractivity contribution in [3.8, 4) is 0 Å². The molecule has 2 nitrogen and oxygen atoms in total. The van der Waals surface area contributed by atoms with E-state index in [9.17, 15) is 18.0 Å². The second-order valence-electron chi connectivity index (χ2n) is 5.10. The van der Waals surface area contributed by atoms with Crippen LogP contribution in [0.15, 0.2) is 23.0 Å². The highest BCUT2D eigenvalue weighted by Crippen LogP contribution is 2.28. The molecule has 1 rings (SSSR count). The van der Waals surface area contributed by atoms with Crippen LogP contribution in [0.3, 0.4) is 0 Å². The zero-order valence-corrected chi connectivity index (χ0v) is 12.9. The Bertz CT molecular complexity index is 471. The normalized spacial score (nSPS) is 11.8. The molecule has 0 aliphatic heterocycles. The molecule has 0 aliphatic rings. The Labute approximate surface area is 128 Å². The van der Waals surface area contributed by atoms with Crippen molar-refractivity contribution < 1.29 is 13.2 Å². The Morgan fingerprint density at radius 2 is 1.52 bits per heavy atom. The van der Waals surface area contributed by atoms with Gasteiger partial charge >= 0.3 is 6.18 Å². The fourth-order valence-corrected chi connectivity index (χ4v) is 2.49. The SMILES string of the molecule is O=c1cccc(C(F)(F)F)n1CCCCCCCCCS. The quantitative estimate of drug-likeness (QED) is 0.524. The minimum atomic E-state index is -4.48. The van der Waals surface area contributed by atoms with Crippen LogP contribution >= 0.6 is 12.6 Å². The van der Waals surface area contributed by atoms with E-state index < -0.39 is 17.4 Å². The lowest BCUT2D eigenvalue weighted by Crippen LogP contribution is -2.27. The predicted octanol–water partition coefficient (Wildman–Crippen LogP) is 4.53. The van der Waals surface area contributed by atoms with Crippen LogP contribution < -0.4 is 5.56 Å². The van der Waals surface area contributed by atoms with E-state index in [1.807, 2.05) is 0 Å². The molecule has 0 unspecified atom stereocenters. The highest BCUT2D eigenvalue weighted by molar-refractivity contribution is 7.80. The van der Waals surface area contributed by atoms with E-state index in [0.29, 0.717) is 6.42 Å². The molecule has 0 saturated heterocycles. The number of pyridine rings is 1. The largest absolute Gasteiger partial charge is 0.431 e. The van der Waals surface area contributed by atoms with Gasteiger partial charge in [0.2, 0.25) is 0 Å². The number of nitrogens with zero attached hydrogens (tertiary/aromatic N) is 1. The highest BCUT2D eigenvalue weighted by atomic mass is 32.1. The summed E-state index contributed by atoms with van der Waals surface area (Å²) in [5.41, 5.74) is -1.44. The minimum absolute atomic E-state index is 0.130. The number of hydrogen-bond donors (Lipinski definition) is 1. The van der Waals surface area contributed by atoms with E-state index in [-0.39, 0.29) is 6.54 Å². The number of unbranched alkanes of at least 4 members (excludes halogenated alkanes) is 6. The van der Waals surface area contributed by atoms with Gasteiger partial charge in [-0.2, -0.15) is 25.8 Å². The third kappa shape index (κ3) is 6.59. The Kier molecular flexibility index (Phi) is 7.93. The second kappa shape index (κ2) is 9.18. The molecule has 0 aromatic carbocycles. The first-order valence-electron chi connectivity index (χ1n) is 7.34. The average molecular weight is 321 g/mol. The van der Waals surface area contributed by atoms with Crippen molar-refractivity contribution in [3.63, 3.8) is 0 Å². The Balaban J connectivity index is 2.40. The molecule has 21 heavy (non-hydrogen) atoms. The van der Waals surface area contributed by atoms with E-state index in [1.165, 1.54) is 6.07 Å². The fraction of sp³-hybridized carbons (Fsp3) is 0.667. The van der Waals surface area contributed by atoms with Gasteiger partial charge in [0, 0.05) is 12.6 Å². The van der Waals surface area contributed by atoms with Crippen molar-refractivity contribution in [2.24, 2.45) is 0 Å². The lowest BCUT2D eigenvalue weighted by molar-refractivity contribution is -0.144. The lowest BCUT2D eigenvalue weighted by atomic mass is 10.1. The van der Waals surface area contributed by atoms with Crippen molar-refractivity contribution >= 4 is 12.6 Å². The van der Waals surface area contributed by atoms with Crippen LogP contribution in [-0.4, -0.2) is 10.3 Å². The van der Waals surface area contributed by atoms with E-state index in [4.69, 9.17) is 0 Å². The van der Waals surface area contributed by atoms with Gasteiger partial charge in [0.25, 0.3) is 5.56 Å². The van der Waals surface area contributed by atoms with Gasteiger partial charge in [0.05, 0.1) is 0 Å². The molecule has 0 N–H and O–H groups in total. The summed E-state index contributed by atoms with van der Waals surface area (Å²) in [6, 6.07) is 3.29. The standard InChI is InChI=1S/C15H22F3NOS/c16-15(17,18)13-9-8-10-14(20)19(13)11-6-4-2-1-3-5-7-12-21/h8-10,21H,1-7,11-12H2. The van der Waals surface area contributed by atoms with Gasteiger partial charge in [-0.25, -0.2) is 0 Å². The maximum absolute atomic E-state index is 12.8. The summed E-state index contributed by atoms with van der Waals surface area (Å²) in [5.74, 6) is 0.900. The molecule has 0 aliphatic carbocycles. The Hall–Kier alpha value is -0.910. The summed E-state index contributed by atoms with van der Waals surface area (Å²) in [6.07, 6.45) is 2.45. The first-order chi connectivity index (χ1) is 9.96. The summed E-state index contributed by atoms with van der Waals surface area (Å²) >= 11 is 4.14. The summed E-state index contributed by atoms with van der Waals surface area (Å²) in [4.78, 5) is 11.6. The van der Waals surface area contributed by atoms with Crippen LogP contribution in [0, 0.1) is 0 Å². The van der Waals surface area contributed by atoms with Crippen LogP contribution in [0.2, 0.25) is 0 Å². The molecular weight excluding hydrogens is 299 g/mol. The van der Waals surface area contributed by atoms with Gasteiger partial charge in [-0.15, -0.1) is 0 Å². The van der Waals surface area contributed by atoms with Gasteiger partial charge in [-0.1, -0.05) is 38.2 Å². The minimum Gasteiger partial charge on any atom is -0.304 e. The van der Waals surface area contributed by atoms with Gasteiger partial charge in [-0.05, 0) is 24.7 Å². The van der Waals surface area contributed by atoms with Gasteiger partial charge in [0.15, 0.2) is 0 Å². The topological polar surface area (TPSA) is 22.0 Å². The number of halogens is 3. The highest BCUT2D eigenvalue weighted by Gasteiger charge is 2.33. The monoisotopic (exact) mass is 321 g/mol. The Morgan fingerprint density at radius 1 is 0.952 bits per heavy atom. The molecule has 6 heteroatoms. The van der Waals surface area contributed by atoms with E-state index in [2.05, 4.69) is 12.6 Å². The van der Waals surface area contributed by atoms with Crippen molar-refractivity contribution in [1.82, 2.24) is 4.57 Å². The van der Waals surface area contributed by atoms with Crippen molar-refractivity contribution in [2.75, 3.05) is 5.75 Å². The van der Waals surface area contributed by atoms with E-state index in [0.717, 1.165) is 61.0 Å². The molecule has 0 atom stereocenters. The molecule has 0 spiro atoms. The maximum Gasteiger partial charge on any atom is 0.431 e. The molecule has 0 amide bonds. The summed E-state index contributed by atoms with van der Waals surface area (Å²) in [7, 11) is 0. The first-order valence-corrected chi connectivity index (χ1v) is 7.98. The number of aromatic nitrogens is 1. The van der Waals surface area contributed by atoms with Crippen LogP contribution in [0.4, 0.5) is 13.2 Å². The molecular formula is C15H22F3NOS. The predicted molar refractivity (Wildman–Crippen MR) is 81.9 cm³/mol. The van der Waals surface area contributed by atoms with Crippen molar-refractivity contribution in [1.29, 1.82) is 0 Å². The van der Waals surface area contributed by atoms with Crippen LogP contribution in [-0.2, 0) is 12.7 Å². The zero-order valence-electron chi connectivity index (χ0n) is 12.0. The fourth-order valence-electron chi connectivity index (χ4n) is 2.26. The van der Waals surface area contributed by atoms with Gasteiger partial charge < -0.3 is 4.57 Å². The zero-order chi connectivity index (χ0) is 15.7. The third-order valence-corrected chi connectivity index (χ3v) is 3.70. The van der Waals surface area contributed by atoms with Gasteiger partial charge in [0.1, 0.15) is 5.69 Å². The number of thiol groups is 1. The lowest BCUT2D eigenvalue weighted by Gasteiger charge is -2.14. The van der Waals surface area contributed by atoms with E-state index in [1.54, 1.807) is 0 Å². The summed E-state index contributed by atoms with van der Waals surface area (Å²) in [6.45, 7) is 0.130. The molecule has 0 radical (unpaired) electrons.